The van der Waals surface area contributed by atoms with Gasteiger partial charge in [0.15, 0.2) is 0 Å². The Hall–Kier alpha value is -1.38. The Morgan fingerprint density at radius 3 is 2.50 bits per heavy atom. The number of likely N-dealkylation sites (tertiary alicyclic amines) is 1. The van der Waals surface area contributed by atoms with E-state index in [1.165, 1.54) is 18.6 Å². The molecule has 2 aliphatic rings. The molecular weight excluding hydrogens is 253 g/mol. The van der Waals surface area contributed by atoms with Crippen LogP contribution >= 0.6 is 0 Å². The highest BCUT2D eigenvalue weighted by atomic mass is 19.1. The Labute approximate surface area is 120 Å². The molecule has 3 heteroatoms. The summed E-state index contributed by atoms with van der Waals surface area (Å²) in [6.07, 6.45) is 3.34. The van der Waals surface area contributed by atoms with Crippen molar-refractivity contribution in [2.24, 2.45) is 10.8 Å². The van der Waals surface area contributed by atoms with Gasteiger partial charge in [-0.15, -0.1) is 0 Å². The lowest BCUT2D eigenvalue weighted by Gasteiger charge is -2.39. The molecule has 2 fully saturated rings. The van der Waals surface area contributed by atoms with Gasteiger partial charge in [-0.05, 0) is 54.4 Å². The molecule has 2 atom stereocenters. The molecule has 1 amide bonds. The summed E-state index contributed by atoms with van der Waals surface area (Å²) >= 11 is 0. The first-order chi connectivity index (χ1) is 9.28. The quantitative estimate of drug-likeness (QED) is 0.762. The highest BCUT2D eigenvalue weighted by Gasteiger charge is 2.50. The maximum absolute atomic E-state index is 13.0. The summed E-state index contributed by atoms with van der Waals surface area (Å²) in [5.74, 6) is -0.244. The van der Waals surface area contributed by atoms with E-state index in [-0.39, 0.29) is 17.1 Å². The van der Waals surface area contributed by atoms with Crippen LogP contribution in [0.1, 0.15) is 50.4 Å². The number of amides is 1. The number of rotatable bonds is 1. The summed E-state index contributed by atoms with van der Waals surface area (Å²) in [5, 5.41) is 0. The lowest BCUT2D eigenvalue weighted by atomic mass is 9.65. The average molecular weight is 275 g/mol. The molecule has 0 radical (unpaired) electrons. The van der Waals surface area contributed by atoms with Gasteiger partial charge in [0.1, 0.15) is 5.82 Å². The lowest BCUT2D eigenvalue weighted by molar-refractivity contribution is 0.0708. The molecule has 2 nitrogen and oxygen atoms in total. The number of benzene rings is 1. The van der Waals surface area contributed by atoms with E-state index in [1.54, 1.807) is 12.1 Å². The third-order valence-corrected chi connectivity index (χ3v) is 4.77. The second-order valence-electron chi connectivity index (χ2n) is 7.65. The van der Waals surface area contributed by atoms with Crippen LogP contribution in [0.4, 0.5) is 4.39 Å². The van der Waals surface area contributed by atoms with Crippen LogP contribution in [0.5, 0.6) is 0 Å². The maximum atomic E-state index is 13.0. The number of nitrogens with zero attached hydrogens (tertiary/aromatic N) is 1. The Morgan fingerprint density at radius 1 is 1.20 bits per heavy atom. The SMILES string of the molecule is CC1(C)C[C@@H]2C[C@@](C)(CN2C(=O)c2ccc(F)cc2)C1. The zero-order chi connectivity index (χ0) is 14.5. The first-order valence-corrected chi connectivity index (χ1v) is 7.35. The highest BCUT2D eigenvalue weighted by Crippen LogP contribution is 2.52. The van der Waals surface area contributed by atoms with Gasteiger partial charge in [-0.25, -0.2) is 4.39 Å². The van der Waals surface area contributed by atoms with E-state index in [9.17, 15) is 9.18 Å². The molecule has 3 rings (SSSR count). The van der Waals surface area contributed by atoms with Crippen molar-refractivity contribution in [3.63, 3.8) is 0 Å². The molecule has 1 saturated heterocycles. The first-order valence-electron chi connectivity index (χ1n) is 7.35. The molecule has 20 heavy (non-hydrogen) atoms. The number of hydrogen-bond acceptors (Lipinski definition) is 1. The van der Waals surface area contributed by atoms with Crippen molar-refractivity contribution >= 4 is 5.91 Å². The van der Waals surface area contributed by atoms with Crippen molar-refractivity contribution < 1.29 is 9.18 Å². The summed E-state index contributed by atoms with van der Waals surface area (Å²) in [5.41, 5.74) is 1.14. The van der Waals surface area contributed by atoms with Crippen molar-refractivity contribution in [1.29, 1.82) is 0 Å². The minimum Gasteiger partial charge on any atom is -0.335 e. The fourth-order valence-electron chi connectivity index (χ4n) is 4.46. The summed E-state index contributed by atoms with van der Waals surface area (Å²) in [4.78, 5) is 14.7. The van der Waals surface area contributed by atoms with Crippen molar-refractivity contribution in [3.8, 4) is 0 Å². The van der Waals surface area contributed by atoms with Gasteiger partial charge in [-0.2, -0.15) is 0 Å². The van der Waals surface area contributed by atoms with Gasteiger partial charge >= 0.3 is 0 Å². The predicted molar refractivity (Wildman–Crippen MR) is 77.0 cm³/mol. The van der Waals surface area contributed by atoms with Crippen LogP contribution in [0.15, 0.2) is 24.3 Å². The number of carbonyl (C=O) groups is 1. The fraction of sp³-hybridized carbons (Fsp3) is 0.588. The zero-order valence-electron chi connectivity index (χ0n) is 12.4. The van der Waals surface area contributed by atoms with Crippen LogP contribution in [-0.4, -0.2) is 23.4 Å². The Balaban J connectivity index is 1.85. The molecule has 0 aromatic heterocycles. The minimum absolute atomic E-state index is 0.0522. The minimum atomic E-state index is -0.296. The standard InChI is InChI=1S/C17H22FNO/c1-16(2)8-14-9-17(3,10-16)11-19(14)15(20)12-4-6-13(18)7-5-12/h4-7,14H,8-11H2,1-3H3/t14-,17-/m1/s1. The van der Waals surface area contributed by atoms with E-state index < -0.39 is 0 Å². The molecule has 2 bridgehead atoms. The van der Waals surface area contributed by atoms with Crippen molar-refractivity contribution in [3.05, 3.63) is 35.6 Å². The van der Waals surface area contributed by atoms with Gasteiger partial charge < -0.3 is 4.90 Å². The predicted octanol–water partition coefficient (Wildman–Crippen LogP) is 3.87. The fourth-order valence-corrected chi connectivity index (χ4v) is 4.46. The third kappa shape index (κ3) is 2.34. The molecule has 108 valence electrons. The van der Waals surface area contributed by atoms with Gasteiger partial charge in [0, 0.05) is 18.2 Å². The zero-order valence-corrected chi connectivity index (χ0v) is 12.4. The molecule has 1 aliphatic carbocycles. The second kappa shape index (κ2) is 4.31. The van der Waals surface area contributed by atoms with Crippen molar-refractivity contribution in [2.45, 2.75) is 46.1 Å². The third-order valence-electron chi connectivity index (χ3n) is 4.77. The molecule has 0 N–H and O–H groups in total. The summed E-state index contributed by atoms with van der Waals surface area (Å²) < 4.78 is 13.0. The topological polar surface area (TPSA) is 20.3 Å². The van der Waals surface area contributed by atoms with Crippen LogP contribution < -0.4 is 0 Å². The number of hydrogen-bond donors (Lipinski definition) is 0. The smallest absolute Gasteiger partial charge is 0.254 e. The first kappa shape index (κ1) is 13.6. The molecule has 1 aromatic rings. The summed E-state index contributed by atoms with van der Waals surface area (Å²) in [6, 6.07) is 6.24. The van der Waals surface area contributed by atoms with Crippen LogP contribution in [0.3, 0.4) is 0 Å². The van der Waals surface area contributed by atoms with Crippen molar-refractivity contribution in [1.82, 2.24) is 4.90 Å². The Morgan fingerprint density at radius 2 is 1.85 bits per heavy atom. The largest absolute Gasteiger partial charge is 0.335 e. The molecule has 1 heterocycles. The van der Waals surface area contributed by atoms with Crippen LogP contribution in [-0.2, 0) is 0 Å². The van der Waals surface area contributed by atoms with E-state index in [0.29, 0.717) is 17.0 Å². The van der Waals surface area contributed by atoms with Gasteiger partial charge in [-0.3, -0.25) is 4.79 Å². The molecule has 1 aromatic carbocycles. The van der Waals surface area contributed by atoms with Gasteiger partial charge in [0.2, 0.25) is 0 Å². The van der Waals surface area contributed by atoms with Crippen LogP contribution in [0.25, 0.3) is 0 Å². The van der Waals surface area contributed by atoms with Gasteiger partial charge in [0.05, 0.1) is 0 Å². The average Bonchev–Trinajstić information content (AvgIpc) is 2.58. The molecule has 1 aliphatic heterocycles. The summed E-state index contributed by atoms with van der Waals surface area (Å²) in [7, 11) is 0. The Kier molecular flexibility index (Phi) is 2.93. The number of fused-ring (bicyclic) bond motifs is 2. The normalized spacial score (nSPS) is 31.4. The highest BCUT2D eigenvalue weighted by molar-refractivity contribution is 5.94. The number of halogens is 1. The van der Waals surface area contributed by atoms with Crippen LogP contribution in [0, 0.1) is 16.6 Å². The maximum Gasteiger partial charge on any atom is 0.254 e. The lowest BCUT2D eigenvalue weighted by Crippen LogP contribution is -2.37. The molecule has 0 unspecified atom stereocenters. The monoisotopic (exact) mass is 275 g/mol. The number of carbonyl (C=O) groups excluding carboxylic acids is 1. The van der Waals surface area contributed by atoms with Crippen molar-refractivity contribution in [2.75, 3.05) is 6.54 Å². The molecular formula is C17H22FNO. The van der Waals surface area contributed by atoms with E-state index in [1.807, 2.05) is 4.90 Å². The van der Waals surface area contributed by atoms with Gasteiger partial charge in [0.25, 0.3) is 5.91 Å². The van der Waals surface area contributed by atoms with E-state index in [2.05, 4.69) is 20.8 Å². The molecule has 0 spiro atoms. The Bertz CT molecular complexity index is 536. The molecule has 1 saturated carbocycles. The summed E-state index contributed by atoms with van der Waals surface area (Å²) in [6.45, 7) is 7.71. The van der Waals surface area contributed by atoms with Gasteiger partial charge in [-0.1, -0.05) is 20.8 Å². The van der Waals surface area contributed by atoms with E-state index in [4.69, 9.17) is 0 Å². The van der Waals surface area contributed by atoms with E-state index >= 15 is 0 Å². The van der Waals surface area contributed by atoms with Crippen LogP contribution in [0.2, 0.25) is 0 Å². The van der Waals surface area contributed by atoms with E-state index in [0.717, 1.165) is 19.4 Å². The second-order valence-corrected chi connectivity index (χ2v) is 7.65.